The molecule has 1 aliphatic carbocycles. The van der Waals surface area contributed by atoms with Crippen molar-refractivity contribution >= 4 is 33.1 Å². The highest BCUT2D eigenvalue weighted by molar-refractivity contribution is 7.18. The summed E-state index contributed by atoms with van der Waals surface area (Å²) in [7, 11) is 0. The molecule has 6 nitrogen and oxygen atoms in total. The molecular formula is C25H20N4O2S. The van der Waals surface area contributed by atoms with Gasteiger partial charge < -0.3 is 0 Å². The average molecular weight is 441 g/mol. The number of thiophene rings is 1. The van der Waals surface area contributed by atoms with Crippen LogP contribution in [0, 0.1) is 6.92 Å². The van der Waals surface area contributed by atoms with Crippen LogP contribution < -0.4 is 5.56 Å². The highest BCUT2D eigenvalue weighted by Gasteiger charge is 2.26. The van der Waals surface area contributed by atoms with Crippen LogP contribution in [0.4, 0.5) is 0 Å². The number of carbonyl (C=O) groups excluding carboxylic acids is 1. The van der Waals surface area contributed by atoms with Gasteiger partial charge in [0.15, 0.2) is 0 Å². The van der Waals surface area contributed by atoms with Gasteiger partial charge >= 0.3 is 0 Å². The van der Waals surface area contributed by atoms with Gasteiger partial charge in [0.25, 0.3) is 5.56 Å². The number of nitrogens with zero attached hydrogens (tertiary/aromatic N) is 4. The Balaban J connectivity index is 1.70. The standard InChI is InChI=1S/C25H20N4O2S/c1-15-11-13-17(14-12-15)29-25-26-23-20(18-9-5-6-10-19(18)32-23)24(31)28(25)22(27-29)21(30)16-7-3-2-4-8-16/h2-4,7-8,11-14H,5-6,9-10H2,1H3. The largest absolute Gasteiger partial charge is 0.285 e. The van der Waals surface area contributed by atoms with E-state index in [0.29, 0.717) is 16.7 Å². The SMILES string of the molecule is Cc1ccc(-n2nc(C(=O)c3ccccc3)n3c(=O)c4c5c(sc4nc23)CCCC5)cc1. The highest BCUT2D eigenvalue weighted by Crippen LogP contribution is 2.34. The average Bonchev–Trinajstić information content (AvgIpc) is 3.39. The lowest BCUT2D eigenvalue weighted by Crippen LogP contribution is -2.20. The van der Waals surface area contributed by atoms with Crippen molar-refractivity contribution in [1.29, 1.82) is 0 Å². The lowest BCUT2D eigenvalue weighted by molar-refractivity contribution is 0.102. The van der Waals surface area contributed by atoms with E-state index >= 15 is 0 Å². The van der Waals surface area contributed by atoms with Gasteiger partial charge in [-0.2, -0.15) is 4.68 Å². The number of rotatable bonds is 3. The second-order valence-electron chi connectivity index (χ2n) is 8.21. The summed E-state index contributed by atoms with van der Waals surface area (Å²) in [6.45, 7) is 2.01. The van der Waals surface area contributed by atoms with Crippen molar-refractivity contribution in [3.8, 4) is 5.69 Å². The molecule has 32 heavy (non-hydrogen) atoms. The molecule has 0 bridgehead atoms. The van der Waals surface area contributed by atoms with Crippen LogP contribution in [0.25, 0.3) is 21.7 Å². The normalized spacial score (nSPS) is 13.5. The third-order valence-electron chi connectivity index (χ3n) is 6.08. The summed E-state index contributed by atoms with van der Waals surface area (Å²) in [5.74, 6) is 0.153. The topological polar surface area (TPSA) is 69.3 Å². The summed E-state index contributed by atoms with van der Waals surface area (Å²) in [6, 6.07) is 16.8. The molecule has 3 heterocycles. The quantitative estimate of drug-likeness (QED) is 0.387. The zero-order chi connectivity index (χ0) is 21.8. The Morgan fingerprint density at radius 1 is 1.00 bits per heavy atom. The third kappa shape index (κ3) is 2.85. The second kappa shape index (κ2) is 7.24. The van der Waals surface area contributed by atoms with Crippen molar-refractivity contribution < 1.29 is 4.79 Å². The van der Waals surface area contributed by atoms with E-state index in [1.807, 2.05) is 37.3 Å². The van der Waals surface area contributed by atoms with Crippen LogP contribution in [0.2, 0.25) is 0 Å². The second-order valence-corrected chi connectivity index (χ2v) is 9.29. The maximum absolute atomic E-state index is 13.8. The molecule has 0 spiro atoms. The fourth-order valence-electron chi connectivity index (χ4n) is 4.44. The molecular weight excluding hydrogens is 420 g/mol. The molecule has 0 atom stereocenters. The molecule has 0 amide bonds. The van der Waals surface area contributed by atoms with Crippen LogP contribution in [0.3, 0.4) is 0 Å². The van der Waals surface area contributed by atoms with Crippen LogP contribution in [0.5, 0.6) is 0 Å². The van der Waals surface area contributed by atoms with Gasteiger partial charge in [0.1, 0.15) is 4.83 Å². The Hall–Kier alpha value is -3.58. The molecule has 1 aliphatic rings. The molecule has 5 aromatic rings. The molecule has 0 unspecified atom stereocenters. The first-order chi connectivity index (χ1) is 15.6. The molecule has 0 saturated carbocycles. The summed E-state index contributed by atoms with van der Waals surface area (Å²) in [5.41, 5.74) is 3.26. The molecule has 158 valence electrons. The lowest BCUT2D eigenvalue weighted by Gasteiger charge is -2.09. The smallest absolute Gasteiger partial charge is 0.270 e. The predicted octanol–water partition coefficient (Wildman–Crippen LogP) is 4.51. The number of ketones is 1. The van der Waals surface area contributed by atoms with Crippen LogP contribution >= 0.6 is 11.3 Å². The number of benzene rings is 2. The Kier molecular flexibility index (Phi) is 4.33. The lowest BCUT2D eigenvalue weighted by atomic mass is 9.97. The van der Waals surface area contributed by atoms with Gasteiger partial charge in [0.05, 0.1) is 11.1 Å². The minimum Gasteiger partial charge on any atom is -0.285 e. The molecule has 0 aliphatic heterocycles. The molecule has 7 heteroatoms. The summed E-state index contributed by atoms with van der Waals surface area (Å²) in [4.78, 5) is 34.1. The van der Waals surface area contributed by atoms with Gasteiger partial charge in [-0.05, 0) is 50.3 Å². The van der Waals surface area contributed by atoms with E-state index in [4.69, 9.17) is 4.98 Å². The number of carbonyl (C=O) groups is 1. The number of hydrogen-bond acceptors (Lipinski definition) is 5. The number of hydrogen-bond donors (Lipinski definition) is 0. The minimum absolute atomic E-state index is 0.0851. The van der Waals surface area contributed by atoms with Gasteiger partial charge in [-0.15, -0.1) is 16.4 Å². The Morgan fingerprint density at radius 3 is 2.53 bits per heavy atom. The van der Waals surface area contributed by atoms with E-state index in [1.54, 1.807) is 40.3 Å². The van der Waals surface area contributed by atoms with Gasteiger partial charge in [-0.1, -0.05) is 48.0 Å². The van der Waals surface area contributed by atoms with E-state index in [2.05, 4.69) is 5.10 Å². The highest BCUT2D eigenvalue weighted by atomic mass is 32.1. The van der Waals surface area contributed by atoms with Crippen molar-refractivity contribution in [3.63, 3.8) is 0 Å². The van der Waals surface area contributed by atoms with Gasteiger partial charge in [0.2, 0.25) is 17.4 Å². The number of aryl methyl sites for hydroxylation is 3. The minimum atomic E-state index is -0.297. The first kappa shape index (κ1) is 19.1. The Morgan fingerprint density at radius 2 is 1.75 bits per heavy atom. The fraction of sp³-hybridized carbons (Fsp3) is 0.200. The third-order valence-corrected chi connectivity index (χ3v) is 7.27. The van der Waals surface area contributed by atoms with Crippen LogP contribution in [-0.2, 0) is 12.8 Å². The maximum Gasteiger partial charge on any atom is 0.270 e. The number of fused-ring (bicyclic) bond motifs is 4. The van der Waals surface area contributed by atoms with E-state index in [9.17, 15) is 9.59 Å². The van der Waals surface area contributed by atoms with Crippen molar-refractivity contribution in [2.75, 3.05) is 0 Å². The zero-order valence-electron chi connectivity index (χ0n) is 17.5. The summed E-state index contributed by atoms with van der Waals surface area (Å²) >= 11 is 1.60. The summed E-state index contributed by atoms with van der Waals surface area (Å²) < 4.78 is 3.01. The van der Waals surface area contributed by atoms with Gasteiger partial charge in [-0.3, -0.25) is 9.59 Å². The van der Waals surface area contributed by atoms with Crippen molar-refractivity contribution in [1.82, 2.24) is 19.2 Å². The van der Waals surface area contributed by atoms with Crippen LogP contribution in [0.15, 0.2) is 59.4 Å². The molecule has 0 N–H and O–H groups in total. The van der Waals surface area contributed by atoms with Crippen molar-refractivity contribution in [2.24, 2.45) is 0 Å². The van der Waals surface area contributed by atoms with E-state index in [0.717, 1.165) is 47.3 Å². The first-order valence-electron chi connectivity index (χ1n) is 10.7. The molecule has 0 fully saturated rings. The summed E-state index contributed by atoms with van der Waals surface area (Å²) in [6.07, 6.45) is 4.07. The molecule has 0 radical (unpaired) electrons. The molecule has 6 rings (SSSR count). The van der Waals surface area contributed by atoms with Crippen LogP contribution in [0.1, 0.15) is 45.0 Å². The molecule has 0 saturated heterocycles. The fourth-order valence-corrected chi connectivity index (χ4v) is 5.68. The molecule has 3 aromatic heterocycles. The monoisotopic (exact) mass is 440 g/mol. The van der Waals surface area contributed by atoms with Crippen molar-refractivity contribution in [3.05, 3.63) is 92.3 Å². The van der Waals surface area contributed by atoms with Crippen molar-refractivity contribution in [2.45, 2.75) is 32.6 Å². The van der Waals surface area contributed by atoms with Gasteiger partial charge in [-0.25, -0.2) is 9.38 Å². The predicted molar refractivity (Wildman–Crippen MR) is 125 cm³/mol. The maximum atomic E-state index is 13.8. The Bertz CT molecular complexity index is 1560. The molecule has 2 aromatic carbocycles. The number of aromatic nitrogens is 4. The van der Waals surface area contributed by atoms with E-state index in [-0.39, 0.29) is 17.2 Å². The van der Waals surface area contributed by atoms with Gasteiger partial charge in [0, 0.05) is 10.4 Å². The zero-order valence-corrected chi connectivity index (χ0v) is 18.4. The first-order valence-corrected chi connectivity index (χ1v) is 11.6. The van der Waals surface area contributed by atoms with E-state index in [1.165, 1.54) is 9.28 Å². The van der Waals surface area contributed by atoms with E-state index < -0.39 is 0 Å². The Labute approximate surface area is 187 Å². The van der Waals surface area contributed by atoms with Crippen LogP contribution in [-0.4, -0.2) is 24.9 Å². The summed E-state index contributed by atoms with van der Waals surface area (Å²) in [5, 5.41) is 5.26.